The van der Waals surface area contributed by atoms with E-state index in [2.05, 4.69) is 5.32 Å². The lowest BCUT2D eigenvalue weighted by Gasteiger charge is -2.30. The van der Waals surface area contributed by atoms with Gasteiger partial charge < -0.3 is 15.5 Å². The molecule has 2 atom stereocenters. The zero-order valence-electron chi connectivity index (χ0n) is 9.60. The summed E-state index contributed by atoms with van der Waals surface area (Å²) < 4.78 is 0. The molecule has 0 aromatic heterocycles. The zero-order valence-corrected chi connectivity index (χ0v) is 9.60. The Morgan fingerprint density at radius 2 is 2.29 bits per heavy atom. The summed E-state index contributed by atoms with van der Waals surface area (Å²) in [6, 6.07) is 7.30. The van der Waals surface area contributed by atoms with Gasteiger partial charge in [0.1, 0.15) is 5.75 Å². The Morgan fingerprint density at radius 3 is 3.00 bits per heavy atom. The van der Waals surface area contributed by atoms with Crippen LogP contribution in [0.25, 0.3) is 0 Å². The van der Waals surface area contributed by atoms with Crippen molar-refractivity contribution in [1.29, 1.82) is 0 Å². The normalized spacial score (nSPS) is 24.5. The van der Waals surface area contributed by atoms with Crippen LogP contribution in [0.3, 0.4) is 0 Å². The number of carboxylic acids is 1. The number of hydrogen-bond acceptors (Lipinski definition) is 3. The molecule has 4 heteroatoms. The van der Waals surface area contributed by atoms with Gasteiger partial charge >= 0.3 is 5.97 Å². The van der Waals surface area contributed by atoms with Crippen LogP contribution in [0.15, 0.2) is 24.3 Å². The molecule has 2 rings (SSSR count). The Morgan fingerprint density at radius 1 is 1.47 bits per heavy atom. The van der Waals surface area contributed by atoms with Gasteiger partial charge in [-0.25, -0.2) is 0 Å². The smallest absolute Gasteiger partial charge is 0.303 e. The molecule has 1 aromatic carbocycles. The summed E-state index contributed by atoms with van der Waals surface area (Å²) >= 11 is 0. The Bertz CT molecular complexity index is 405. The van der Waals surface area contributed by atoms with Gasteiger partial charge in [-0.15, -0.1) is 0 Å². The first-order valence-corrected chi connectivity index (χ1v) is 5.89. The lowest BCUT2D eigenvalue weighted by Crippen LogP contribution is -2.32. The third kappa shape index (κ3) is 3.20. The van der Waals surface area contributed by atoms with Crippen LogP contribution in [-0.2, 0) is 4.79 Å². The zero-order chi connectivity index (χ0) is 12.3. The minimum absolute atomic E-state index is 0.153. The second-order valence-electron chi connectivity index (χ2n) is 4.59. The number of carboxylic acid groups (broad SMARTS) is 1. The largest absolute Gasteiger partial charge is 0.508 e. The molecule has 0 amide bonds. The standard InChI is InChI=1S/C13H17NO3/c15-11-3-1-2-10(8-11)12-6-9(4-5-14-12)7-13(16)17/h1-3,8-9,12,14-15H,4-7H2,(H,16,17). The van der Waals surface area contributed by atoms with Crippen molar-refractivity contribution >= 4 is 5.97 Å². The molecule has 3 N–H and O–H groups in total. The fraction of sp³-hybridized carbons (Fsp3) is 0.462. The molecule has 1 aromatic rings. The Kier molecular flexibility index (Phi) is 3.64. The fourth-order valence-electron chi connectivity index (χ4n) is 2.42. The molecular formula is C13H17NO3. The van der Waals surface area contributed by atoms with Crippen molar-refractivity contribution in [3.63, 3.8) is 0 Å². The van der Waals surface area contributed by atoms with Gasteiger partial charge in [0.2, 0.25) is 0 Å². The maximum Gasteiger partial charge on any atom is 0.303 e. The van der Waals surface area contributed by atoms with Crippen LogP contribution in [-0.4, -0.2) is 22.7 Å². The molecule has 1 aliphatic heterocycles. The van der Waals surface area contributed by atoms with E-state index in [0.717, 1.165) is 24.9 Å². The lowest BCUT2D eigenvalue weighted by atomic mass is 9.87. The van der Waals surface area contributed by atoms with Crippen LogP contribution in [0.5, 0.6) is 5.75 Å². The molecule has 1 fully saturated rings. The summed E-state index contributed by atoms with van der Waals surface area (Å²) in [5.74, 6) is -0.252. The first-order chi connectivity index (χ1) is 8.15. The van der Waals surface area contributed by atoms with Crippen molar-refractivity contribution < 1.29 is 15.0 Å². The van der Waals surface area contributed by atoms with Crippen LogP contribution in [0.4, 0.5) is 0 Å². The van der Waals surface area contributed by atoms with Gasteiger partial charge in [-0.05, 0) is 43.0 Å². The number of carbonyl (C=O) groups is 1. The van der Waals surface area contributed by atoms with Crippen LogP contribution in [0, 0.1) is 5.92 Å². The average molecular weight is 235 g/mol. The lowest BCUT2D eigenvalue weighted by molar-refractivity contribution is -0.138. The summed E-state index contributed by atoms with van der Waals surface area (Å²) in [5.41, 5.74) is 1.03. The van der Waals surface area contributed by atoms with E-state index < -0.39 is 5.97 Å². The van der Waals surface area contributed by atoms with Crippen LogP contribution < -0.4 is 5.32 Å². The number of nitrogens with one attached hydrogen (secondary N) is 1. The van der Waals surface area contributed by atoms with E-state index in [1.807, 2.05) is 12.1 Å². The predicted molar refractivity (Wildman–Crippen MR) is 63.8 cm³/mol. The number of aromatic hydroxyl groups is 1. The molecule has 0 aliphatic carbocycles. The van der Waals surface area contributed by atoms with E-state index in [1.165, 1.54) is 0 Å². The van der Waals surface area contributed by atoms with Gasteiger partial charge in [-0.3, -0.25) is 4.79 Å². The maximum absolute atomic E-state index is 10.7. The SMILES string of the molecule is O=C(O)CC1CCNC(c2cccc(O)c2)C1. The number of piperidine rings is 1. The number of hydrogen-bond donors (Lipinski definition) is 3. The van der Waals surface area contributed by atoms with Crippen molar-refractivity contribution in [3.8, 4) is 5.75 Å². The number of phenolic OH excluding ortho intramolecular Hbond substituents is 1. The van der Waals surface area contributed by atoms with Gasteiger partial charge in [0.15, 0.2) is 0 Å². The highest BCUT2D eigenvalue weighted by Crippen LogP contribution is 2.30. The van der Waals surface area contributed by atoms with Gasteiger partial charge in [-0.2, -0.15) is 0 Å². The number of rotatable bonds is 3. The highest BCUT2D eigenvalue weighted by atomic mass is 16.4. The van der Waals surface area contributed by atoms with Crippen LogP contribution >= 0.6 is 0 Å². The number of phenols is 1. The summed E-state index contributed by atoms with van der Waals surface area (Å²) in [6.07, 6.45) is 1.95. The first kappa shape index (κ1) is 11.9. The van der Waals surface area contributed by atoms with E-state index in [0.29, 0.717) is 0 Å². The Balaban J connectivity index is 2.04. The molecule has 4 nitrogen and oxygen atoms in total. The molecule has 17 heavy (non-hydrogen) atoms. The monoisotopic (exact) mass is 235 g/mol. The minimum atomic E-state index is -0.730. The van der Waals surface area contributed by atoms with Crippen LogP contribution in [0.1, 0.15) is 30.9 Å². The van der Waals surface area contributed by atoms with Gasteiger partial charge in [0.05, 0.1) is 0 Å². The molecule has 2 unspecified atom stereocenters. The third-order valence-electron chi connectivity index (χ3n) is 3.25. The molecule has 1 aliphatic rings. The van der Waals surface area contributed by atoms with Crippen molar-refractivity contribution in [2.45, 2.75) is 25.3 Å². The van der Waals surface area contributed by atoms with Crippen molar-refractivity contribution in [3.05, 3.63) is 29.8 Å². The minimum Gasteiger partial charge on any atom is -0.508 e. The van der Waals surface area contributed by atoms with Crippen LogP contribution in [0.2, 0.25) is 0 Å². The number of aliphatic carboxylic acids is 1. The summed E-state index contributed by atoms with van der Waals surface area (Å²) in [6.45, 7) is 0.832. The third-order valence-corrected chi connectivity index (χ3v) is 3.25. The molecular weight excluding hydrogens is 218 g/mol. The summed E-state index contributed by atoms with van der Waals surface area (Å²) in [4.78, 5) is 10.7. The molecule has 0 radical (unpaired) electrons. The molecule has 1 saturated heterocycles. The second kappa shape index (κ2) is 5.19. The van der Waals surface area contributed by atoms with Gasteiger partial charge in [0.25, 0.3) is 0 Å². The quantitative estimate of drug-likeness (QED) is 0.748. The second-order valence-corrected chi connectivity index (χ2v) is 4.59. The van der Waals surface area contributed by atoms with E-state index in [4.69, 9.17) is 5.11 Å². The molecule has 92 valence electrons. The van der Waals surface area contributed by atoms with Gasteiger partial charge in [0, 0.05) is 12.5 Å². The number of benzene rings is 1. The van der Waals surface area contributed by atoms with E-state index >= 15 is 0 Å². The van der Waals surface area contributed by atoms with E-state index in [-0.39, 0.29) is 24.1 Å². The topological polar surface area (TPSA) is 69.6 Å². The van der Waals surface area contributed by atoms with Crippen molar-refractivity contribution in [1.82, 2.24) is 5.32 Å². The highest BCUT2D eigenvalue weighted by molar-refractivity contribution is 5.67. The Hall–Kier alpha value is -1.55. The first-order valence-electron chi connectivity index (χ1n) is 5.89. The molecule has 0 saturated carbocycles. The van der Waals surface area contributed by atoms with Crippen molar-refractivity contribution in [2.24, 2.45) is 5.92 Å². The molecule has 0 spiro atoms. The summed E-state index contributed by atoms with van der Waals surface area (Å²) in [5, 5.41) is 21.6. The fourth-order valence-corrected chi connectivity index (χ4v) is 2.42. The van der Waals surface area contributed by atoms with Gasteiger partial charge in [-0.1, -0.05) is 12.1 Å². The molecule has 1 heterocycles. The maximum atomic E-state index is 10.7. The Labute approximate surface area is 100 Å². The van der Waals surface area contributed by atoms with E-state index in [1.54, 1.807) is 12.1 Å². The highest BCUT2D eigenvalue weighted by Gasteiger charge is 2.24. The predicted octanol–water partition coefficient (Wildman–Crippen LogP) is 1.91. The average Bonchev–Trinajstić information content (AvgIpc) is 2.28. The van der Waals surface area contributed by atoms with E-state index in [9.17, 15) is 9.90 Å². The summed E-state index contributed by atoms with van der Waals surface area (Å²) in [7, 11) is 0. The van der Waals surface area contributed by atoms with Crippen molar-refractivity contribution in [2.75, 3.05) is 6.54 Å². The molecule has 0 bridgehead atoms.